The summed E-state index contributed by atoms with van der Waals surface area (Å²) in [6.45, 7) is 7.87. The van der Waals surface area contributed by atoms with E-state index in [0.717, 1.165) is 61.7 Å². The minimum absolute atomic E-state index is 0.137. The lowest BCUT2D eigenvalue weighted by Gasteiger charge is -2.38. The van der Waals surface area contributed by atoms with Crippen LogP contribution in [0.4, 0.5) is 0 Å². The summed E-state index contributed by atoms with van der Waals surface area (Å²) in [4.78, 5) is 15.2. The molecule has 0 unspecified atom stereocenters. The zero-order valence-electron chi connectivity index (χ0n) is 15.1. The number of amides is 1. The summed E-state index contributed by atoms with van der Waals surface area (Å²) in [6, 6.07) is 10.0. The summed E-state index contributed by atoms with van der Waals surface area (Å²) in [5.74, 6) is 0.137. The molecule has 2 saturated heterocycles. The number of nitrogens with one attached hydrogen (secondary N) is 1. The van der Waals surface area contributed by atoms with Crippen LogP contribution in [-0.2, 0) is 0 Å². The first-order valence-corrected chi connectivity index (χ1v) is 9.21. The molecule has 2 aliphatic heterocycles. The maximum Gasteiger partial charge on any atom is 0.257 e. The fraction of sp³-hybridized carbons (Fsp3) is 0.500. The first kappa shape index (κ1) is 16.3. The molecule has 0 saturated carbocycles. The topological polar surface area (TPSA) is 50.2 Å². The van der Waals surface area contributed by atoms with Gasteiger partial charge in [-0.15, -0.1) is 0 Å². The van der Waals surface area contributed by atoms with E-state index >= 15 is 0 Å². The summed E-state index contributed by atoms with van der Waals surface area (Å²) >= 11 is 0. The number of piperidine rings is 1. The Bertz CT molecular complexity index is 764. The fourth-order valence-corrected chi connectivity index (χ4v) is 4.34. The SMILES string of the molecule is Cc1nn(-c2ccccc2)c(C)c1C(=O)N1CCC2(CCNC2)CC1. The van der Waals surface area contributed by atoms with Crippen molar-refractivity contribution in [2.45, 2.75) is 33.1 Å². The third kappa shape index (κ3) is 2.86. The zero-order valence-corrected chi connectivity index (χ0v) is 15.1. The number of aryl methyl sites for hydroxylation is 1. The standard InChI is InChI=1S/C20H26N4O/c1-15-18(16(2)24(22-15)17-6-4-3-5-7-17)19(25)23-12-9-20(10-13-23)8-11-21-14-20/h3-7,21H,8-14H2,1-2H3. The van der Waals surface area contributed by atoms with Crippen molar-refractivity contribution in [3.63, 3.8) is 0 Å². The van der Waals surface area contributed by atoms with E-state index in [2.05, 4.69) is 10.4 Å². The molecular formula is C20H26N4O. The highest BCUT2D eigenvalue weighted by Gasteiger charge is 2.38. The Kier molecular flexibility index (Phi) is 4.12. The molecule has 5 heteroatoms. The predicted octanol–water partition coefficient (Wildman–Crippen LogP) is 2.70. The van der Waals surface area contributed by atoms with Crippen LogP contribution >= 0.6 is 0 Å². The van der Waals surface area contributed by atoms with Crippen LogP contribution in [0.2, 0.25) is 0 Å². The molecule has 2 fully saturated rings. The molecule has 0 bridgehead atoms. The Morgan fingerprint density at radius 3 is 2.48 bits per heavy atom. The summed E-state index contributed by atoms with van der Waals surface area (Å²) in [6.07, 6.45) is 3.46. The fourth-order valence-electron chi connectivity index (χ4n) is 4.34. The molecule has 132 valence electrons. The lowest BCUT2D eigenvalue weighted by molar-refractivity contribution is 0.0606. The van der Waals surface area contributed by atoms with E-state index in [1.165, 1.54) is 6.42 Å². The molecule has 0 atom stereocenters. The molecule has 1 spiro atoms. The first-order valence-electron chi connectivity index (χ1n) is 9.21. The second kappa shape index (κ2) is 6.30. The molecule has 5 nitrogen and oxygen atoms in total. The van der Waals surface area contributed by atoms with Gasteiger partial charge < -0.3 is 10.2 Å². The maximum atomic E-state index is 13.1. The minimum atomic E-state index is 0.137. The van der Waals surface area contributed by atoms with Crippen LogP contribution in [0.3, 0.4) is 0 Å². The van der Waals surface area contributed by atoms with Crippen molar-refractivity contribution in [2.24, 2.45) is 5.41 Å². The molecule has 1 aromatic heterocycles. The van der Waals surface area contributed by atoms with E-state index in [1.807, 2.05) is 53.8 Å². The van der Waals surface area contributed by atoms with Crippen molar-refractivity contribution < 1.29 is 4.79 Å². The van der Waals surface area contributed by atoms with E-state index in [9.17, 15) is 4.79 Å². The zero-order chi connectivity index (χ0) is 17.4. The van der Waals surface area contributed by atoms with Gasteiger partial charge in [0.25, 0.3) is 5.91 Å². The highest BCUT2D eigenvalue weighted by Crippen LogP contribution is 2.37. The van der Waals surface area contributed by atoms with Crippen molar-refractivity contribution in [1.29, 1.82) is 0 Å². The third-order valence-electron chi connectivity index (χ3n) is 5.95. The van der Waals surface area contributed by atoms with Crippen molar-refractivity contribution in [1.82, 2.24) is 20.0 Å². The second-order valence-corrected chi connectivity index (χ2v) is 7.51. The quantitative estimate of drug-likeness (QED) is 0.916. The van der Waals surface area contributed by atoms with Gasteiger partial charge in [-0.2, -0.15) is 5.10 Å². The average Bonchev–Trinajstić information content (AvgIpc) is 3.20. The molecule has 3 heterocycles. The number of likely N-dealkylation sites (tertiary alicyclic amines) is 1. The minimum Gasteiger partial charge on any atom is -0.338 e. The van der Waals surface area contributed by atoms with Gasteiger partial charge in [-0.25, -0.2) is 4.68 Å². The molecule has 2 aliphatic rings. The van der Waals surface area contributed by atoms with Crippen molar-refractivity contribution in [3.8, 4) is 5.69 Å². The number of carbonyl (C=O) groups is 1. The number of carbonyl (C=O) groups excluding carboxylic acids is 1. The van der Waals surface area contributed by atoms with Crippen LogP contribution in [-0.4, -0.2) is 46.8 Å². The summed E-state index contributed by atoms with van der Waals surface area (Å²) in [5.41, 5.74) is 3.93. The number of hydrogen-bond acceptors (Lipinski definition) is 3. The summed E-state index contributed by atoms with van der Waals surface area (Å²) < 4.78 is 1.88. The Hall–Kier alpha value is -2.14. The van der Waals surface area contributed by atoms with E-state index in [0.29, 0.717) is 5.41 Å². The van der Waals surface area contributed by atoms with Crippen LogP contribution < -0.4 is 5.32 Å². The molecule has 0 radical (unpaired) electrons. The van der Waals surface area contributed by atoms with E-state index in [4.69, 9.17) is 0 Å². The molecule has 1 aromatic carbocycles. The van der Waals surface area contributed by atoms with Gasteiger partial charge in [0.05, 0.1) is 22.6 Å². The van der Waals surface area contributed by atoms with Crippen LogP contribution in [0.5, 0.6) is 0 Å². The number of rotatable bonds is 2. The molecule has 2 aromatic rings. The Morgan fingerprint density at radius 1 is 1.12 bits per heavy atom. The molecule has 1 N–H and O–H groups in total. The van der Waals surface area contributed by atoms with Gasteiger partial charge in [0.1, 0.15) is 0 Å². The summed E-state index contributed by atoms with van der Waals surface area (Å²) in [7, 11) is 0. The predicted molar refractivity (Wildman–Crippen MR) is 98.1 cm³/mol. The molecule has 4 rings (SSSR count). The Labute approximate surface area is 149 Å². The number of hydrogen-bond donors (Lipinski definition) is 1. The maximum absolute atomic E-state index is 13.1. The summed E-state index contributed by atoms with van der Waals surface area (Å²) in [5, 5.41) is 8.11. The molecule has 0 aliphatic carbocycles. The highest BCUT2D eigenvalue weighted by atomic mass is 16.2. The Balaban J connectivity index is 1.56. The van der Waals surface area contributed by atoms with Gasteiger partial charge in [-0.3, -0.25) is 4.79 Å². The lowest BCUT2D eigenvalue weighted by atomic mass is 9.78. The smallest absolute Gasteiger partial charge is 0.257 e. The van der Waals surface area contributed by atoms with E-state index in [-0.39, 0.29) is 5.91 Å². The molecule has 1 amide bonds. The lowest BCUT2D eigenvalue weighted by Crippen LogP contribution is -2.44. The first-order chi connectivity index (χ1) is 12.1. The van der Waals surface area contributed by atoms with Crippen molar-refractivity contribution >= 4 is 5.91 Å². The van der Waals surface area contributed by atoms with Crippen LogP contribution in [0.25, 0.3) is 5.69 Å². The Morgan fingerprint density at radius 2 is 1.84 bits per heavy atom. The number of nitrogens with zero attached hydrogens (tertiary/aromatic N) is 3. The van der Waals surface area contributed by atoms with Gasteiger partial charge >= 0.3 is 0 Å². The van der Waals surface area contributed by atoms with Gasteiger partial charge in [0, 0.05) is 19.6 Å². The van der Waals surface area contributed by atoms with Crippen molar-refractivity contribution in [2.75, 3.05) is 26.2 Å². The number of para-hydroxylation sites is 1. The monoisotopic (exact) mass is 338 g/mol. The molecule has 25 heavy (non-hydrogen) atoms. The number of benzene rings is 1. The normalized spacial score (nSPS) is 19.5. The van der Waals surface area contributed by atoms with Crippen molar-refractivity contribution in [3.05, 3.63) is 47.3 Å². The van der Waals surface area contributed by atoms with E-state index in [1.54, 1.807) is 0 Å². The largest absolute Gasteiger partial charge is 0.338 e. The van der Waals surface area contributed by atoms with E-state index < -0.39 is 0 Å². The van der Waals surface area contributed by atoms with Gasteiger partial charge in [0.15, 0.2) is 0 Å². The average molecular weight is 338 g/mol. The van der Waals surface area contributed by atoms with Gasteiger partial charge in [-0.1, -0.05) is 18.2 Å². The molecular weight excluding hydrogens is 312 g/mol. The second-order valence-electron chi connectivity index (χ2n) is 7.51. The van der Waals surface area contributed by atoms with Crippen LogP contribution in [0.15, 0.2) is 30.3 Å². The highest BCUT2D eigenvalue weighted by molar-refractivity contribution is 5.96. The number of aromatic nitrogens is 2. The van der Waals surface area contributed by atoms with Crippen LogP contribution in [0.1, 0.15) is 41.0 Å². The van der Waals surface area contributed by atoms with Gasteiger partial charge in [0.2, 0.25) is 0 Å². The third-order valence-corrected chi connectivity index (χ3v) is 5.95. The van der Waals surface area contributed by atoms with Crippen LogP contribution in [0, 0.1) is 19.3 Å². The van der Waals surface area contributed by atoms with Gasteiger partial charge in [-0.05, 0) is 57.2 Å².